The van der Waals surface area contributed by atoms with Crippen molar-refractivity contribution < 1.29 is 0 Å². The molecule has 0 spiro atoms. The third-order valence-electron chi connectivity index (χ3n) is 3.73. The molecule has 0 amide bonds. The van der Waals surface area contributed by atoms with E-state index < -0.39 is 0 Å². The molecule has 1 fully saturated rings. The maximum Gasteiger partial charge on any atom is 0.129 e. The first kappa shape index (κ1) is 13.6. The molecule has 0 aliphatic carbocycles. The highest BCUT2D eigenvalue weighted by Crippen LogP contribution is 2.20. The molecule has 1 saturated heterocycles. The SMILES string of the molecule is CCC1CN(c2cc(CCl)cc(C)n2)CCN1C. The highest BCUT2D eigenvalue weighted by Gasteiger charge is 2.23. The molecule has 2 heterocycles. The summed E-state index contributed by atoms with van der Waals surface area (Å²) in [5.41, 5.74) is 2.21. The van der Waals surface area contributed by atoms with Crippen LogP contribution in [0.2, 0.25) is 0 Å². The Balaban J connectivity index is 2.18. The minimum atomic E-state index is 0.557. The standard InChI is InChI=1S/C14H22ClN3/c1-4-13-10-18(6-5-17(13)3)14-8-12(9-15)7-11(2)16-14/h7-8,13H,4-6,9-10H2,1-3H3. The molecule has 1 aliphatic heterocycles. The Bertz CT molecular complexity index is 408. The summed E-state index contributed by atoms with van der Waals surface area (Å²) in [5.74, 6) is 1.64. The number of hydrogen-bond donors (Lipinski definition) is 0. The van der Waals surface area contributed by atoms with Gasteiger partial charge < -0.3 is 4.90 Å². The van der Waals surface area contributed by atoms with Gasteiger partial charge in [0.2, 0.25) is 0 Å². The largest absolute Gasteiger partial charge is 0.354 e. The first-order valence-corrected chi connectivity index (χ1v) is 7.16. The molecule has 0 radical (unpaired) electrons. The Morgan fingerprint density at radius 3 is 2.83 bits per heavy atom. The van der Waals surface area contributed by atoms with E-state index in [-0.39, 0.29) is 0 Å². The molecule has 3 nitrogen and oxygen atoms in total. The zero-order valence-electron chi connectivity index (χ0n) is 11.5. The number of aromatic nitrogens is 1. The quantitative estimate of drug-likeness (QED) is 0.785. The summed E-state index contributed by atoms with van der Waals surface area (Å²) in [4.78, 5) is 9.47. The number of pyridine rings is 1. The Kier molecular flexibility index (Phi) is 4.46. The Labute approximate surface area is 115 Å². The number of hydrogen-bond acceptors (Lipinski definition) is 3. The Hall–Kier alpha value is -0.800. The summed E-state index contributed by atoms with van der Waals surface area (Å²) in [7, 11) is 2.21. The average Bonchev–Trinajstić information content (AvgIpc) is 2.38. The summed E-state index contributed by atoms with van der Waals surface area (Å²) < 4.78 is 0. The normalized spacial score (nSPS) is 21.3. The molecule has 1 aromatic rings. The van der Waals surface area contributed by atoms with Crippen LogP contribution < -0.4 is 4.90 Å². The molecule has 0 aromatic carbocycles. The van der Waals surface area contributed by atoms with E-state index in [2.05, 4.69) is 40.9 Å². The van der Waals surface area contributed by atoms with Crippen LogP contribution in [-0.2, 0) is 5.88 Å². The number of likely N-dealkylation sites (N-methyl/N-ethyl adjacent to an activating group) is 1. The number of piperazine rings is 1. The fraction of sp³-hybridized carbons (Fsp3) is 0.643. The number of anilines is 1. The molecule has 1 aliphatic rings. The van der Waals surface area contributed by atoms with Crippen LogP contribution in [0, 0.1) is 6.92 Å². The fourth-order valence-electron chi connectivity index (χ4n) is 2.56. The minimum Gasteiger partial charge on any atom is -0.354 e. The van der Waals surface area contributed by atoms with Crippen molar-refractivity contribution in [2.75, 3.05) is 31.6 Å². The van der Waals surface area contributed by atoms with Gasteiger partial charge in [-0.25, -0.2) is 4.98 Å². The summed E-state index contributed by atoms with van der Waals surface area (Å²) >= 11 is 5.93. The van der Waals surface area contributed by atoms with Gasteiger partial charge in [-0.1, -0.05) is 6.92 Å². The van der Waals surface area contributed by atoms with Gasteiger partial charge in [-0.15, -0.1) is 11.6 Å². The lowest BCUT2D eigenvalue weighted by molar-refractivity contribution is 0.213. The van der Waals surface area contributed by atoms with E-state index in [0.717, 1.165) is 36.7 Å². The number of alkyl halides is 1. The zero-order valence-corrected chi connectivity index (χ0v) is 12.2. The van der Waals surface area contributed by atoms with Gasteiger partial charge in [0, 0.05) is 37.3 Å². The smallest absolute Gasteiger partial charge is 0.129 e. The lowest BCUT2D eigenvalue weighted by Gasteiger charge is -2.39. The first-order chi connectivity index (χ1) is 8.63. The van der Waals surface area contributed by atoms with Gasteiger partial charge in [-0.2, -0.15) is 0 Å². The van der Waals surface area contributed by atoms with Gasteiger partial charge in [0.1, 0.15) is 5.82 Å². The van der Waals surface area contributed by atoms with Crippen LogP contribution in [0.3, 0.4) is 0 Å². The third-order valence-corrected chi connectivity index (χ3v) is 4.03. The highest BCUT2D eigenvalue weighted by molar-refractivity contribution is 6.17. The molecule has 0 N–H and O–H groups in total. The maximum absolute atomic E-state index is 5.93. The van der Waals surface area contributed by atoms with E-state index in [4.69, 9.17) is 11.6 Å². The third kappa shape index (κ3) is 2.96. The van der Waals surface area contributed by atoms with E-state index in [9.17, 15) is 0 Å². The second kappa shape index (κ2) is 5.89. The molecule has 4 heteroatoms. The van der Waals surface area contributed by atoms with Crippen LogP contribution in [0.5, 0.6) is 0 Å². The summed E-state index contributed by atoms with van der Waals surface area (Å²) in [6.07, 6.45) is 1.18. The van der Waals surface area contributed by atoms with Crippen LogP contribution in [-0.4, -0.2) is 42.6 Å². The van der Waals surface area contributed by atoms with Crippen LogP contribution >= 0.6 is 11.6 Å². The number of aryl methyl sites for hydroxylation is 1. The monoisotopic (exact) mass is 267 g/mol. The lowest BCUT2D eigenvalue weighted by Crippen LogP contribution is -2.51. The van der Waals surface area contributed by atoms with Crippen molar-refractivity contribution in [3.05, 3.63) is 23.4 Å². The molecule has 0 bridgehead atoms. The van der Waals surface area contributed by atoms with Crippen molar-refractivity contribution in [3.8, 4) is 0 Å². The van der Waals surface area contributed by atoms with Crippen LogP contribution in [0.1, 0.15) is 24.6 Å². The molecule has 18 heavy (non-hydrogen) atoms. The molecule has 2 rings (SSSR count). The summed E-state index contributed by atoms with van der Waals surface area (Å²) in [6, 6.07) is 4.81. The molecule has 1 atom stereocenters. The van der Waals surface area contributed by atoms with Crippen molar-refractivity contribution in [2.24, 2.45) is 0 Å². The lowest BCUT2D eigenvalue weighted by atomic mass is 10.1. The second-order valence-corrected chi connectivity index (χ2v) is 5.36. The first-order valence-electron chi connectivity index (χ1n) is 6.62. The van der Waals surface area contributed by atoms with Crippen LogP contribution in [0.4, 0.5) is 5.82 Å². The van der Waals surface area contributed by atoms with Gasteiger partial charge >= 0.3 is 0 Å². The summed E-state index contributed by atoms with van der Waals surface area (Å²) in [5, 5.41) is 0. The van der Waals surface area contributed by atoms with E-state index >= 15 is 0 Å². The van der Waals surface area contributed by atoms with Crippen molar-refractivity contribution in [1.82, 2.24) is 9.88 Å². The topological polar surface area (TPSA) is 19.4 Å². The van der Waals surface area contributed by atoms with Crippen molar-refractivity contribution in [1.29, 1.82) is 0 Å². The molecule has 0 saturated carbocycles. The highest BCUT2D eigenvalue weighted by atomic mass is 35.5. The van der Waals surface area contributed by atoms with Gasteiger partial charge in [0.15, 0.2) is 0 Å². The Morgan fingerprint density at radius 2 is 2.17 bits per heavy atom. The average molecular weight is 268 g/mol. The van der Waals surface area contributed by atoms with Gasteiger partial charge in [-0.3, -0.25) is 4.90 Å². The Morgan fingerprint density at radius 1 is 1.39 bits per heavy atom. The van der Waals surface area contributed by atoms with Crippen LogP contribution in [0.25, 0.3) is 0 Å². The number of rotatable bonds is 3. The van der Waals surface area contributed by atoms with Gasteiger partial charge in [0.05, 0.1) is 0 Å². The van der Waals surface area contributed by atoms with Crippen molar-refractivity contribution >= 4 is 17.4 Å². The second-order valence-electron chi connectivity index (χ2n) is 5.10. The molecule has 1 aromatic heterocycles. The van der Waals surface area contributed by atoms with E-state index in [1.807, 2.05) is 6.92 Å². The predicted octanol–water partition coefficient (Wildman–Crippen LogP) is 2.66. The molecular weight excluding hydrogens is 246 g/mol. The molecule has 1 unspecified atom stereocenters. The fourth-order valence-corrected chi connectivity index (χ4v) is 2.71. The predicted molar refractivity (Wildman–Crippen MR) is 77.5 cm³/mol. The van der Waals surface area contributed by atoms with Crippen molar-refractivity contribution in [2.45, 2.75) is 32.2 Å². The van der Waals surface area contributed by atoms with E-state index in [0.29, 0.717) is 11.9 Å². The van der Waals surface area contributed by atoms with E-state index in [1.165, 1.54) is 6.42 Å². The van der Waals surface area contributed by atoms with Crippen LogP contribution in [0.15, 0.2) is 12.1 Å². The number of nitrogens with zero attached hydrogens (tertiary/aromatic N) is 3. The zero-order chi connectivity index (χ0) is 13.1. The maximum atomic E-state index is 5.93. The van der Waals surface area contributed by atoms with E-state index in [1.54, 1.807) is 0 Å². The molecular formula is C14H22ClN3. The minimum absolute atomic E-state index is 0.557. The number of halogens is 1. The van der Waals surface area contributed by atoms with Gasteiger partial charge in [0.25, 0.3) is 0 Å². The van der Waals surface area contributed by atoms with Gasteiger partial charge in [-0.05, 0) is 38.1 Å². The molecule has 100 valence electrons. The van der Waals surface area contributed by atoms with Crippen molar-refractivity contribution in [3.63, 3.8) is 0 Å². The summed E-state index contributed by atoms with van der Waals surface area (Å²) in [6.45, 7) is 7.49.